The first-order valence-corrected chi connectivity index (χ1v) is 6.47. The Bertz CT molecular complexity index is 487. The van der Waals surface area contributed by atoms with Crippen LogP contribution in [0, 0.1) is 0 Å². The number of hydrogen-bond donors (Lipinski definition) is 2. The molecule has 0 spiro atoms. The number of carbonyl (C=O) groups excluding carboxylic acids is 2. The summed E-state index contributed by atoms with van der Waals surface area (Å²) in [6.07, 6.45) is 0.889. The molecule has 0 aromatic heterocycles. The minimum Gasteiger partial charge on any atom is -0.391 e. The molecule has 5 heteroatoms. The lowest BCUT2D eigenvalue weighted by molar-refractivity contribution is -0.142. The minimum absolute atomic E-state index is 0.237. The van der Waals surface area contributed by atoms with Gasteiger partial charge in [-0.05, 0) is 30.5 Å². The molecule has 102 valence electrons. The van der Waals surface area contributed by atoms with Gasteiger partial charge in [0.05, 0.1) is 6.10 Å². The number of nitrogens with zero attached hydrogens (tertiary/aromatic N) is 1. The molecular formula is C14H18N2O3. The standard InChI is InChI=1S/C14H18N2O3/c1-2-10-4-3-5-11(8-10)15-13(18)14(19)16-7-6-12(17)9-16/h3-5,8,12,17H,2,6-7,9H2,1H3,(H,15,18)/t12-/m1/s1. The van der Waals surface area contributed by atoms with Crippen LogP contribution in [0.5, 0.6) is 0 Å². The van der Waals surface area contributed by atoms with E-state index in [-0.39, 0.29) is 6.54 Å². The Balaban J connectivity index is 1.98. The van der Waals surface area contributed by atoms with Gasteiger partial charge in [0.25, 0.3) is 0 Å². The maximum atomic E-state index is 11.9. The maximum Gasteiger partial charge on any atom is 0.313 e. The molecule has 19 heavy (non-hydrogen) atoms. The van der Waals surface area contributed by atoms with Crippen LogP contribution >= 0.6 is 0 Å². The van der Waals surface area contributed by atoms with Gasteiger partial charge in [0.2, 0.25) is 0 Å². The summed E-state index contributed by atoms with van der Waals surface area (Å²) in [7, 11) is 0. The Morgan fingerprint density at radius 2 is 2.26 bits per heavy atom. The van der Waals surface area contributed by atoms with Crippen molar-refractivity contribution in [3.05, 3.63) is 29.8 Å². The molecular weight excluding hydrogens is 244 g/mol. The van der Waals surface area contributed by atoms with Gasteiger partial charge in [-0.25, -0.2) is 0 Å². The highest BCUT2D eigenvalue weighted by atomic mass is 16.3. The van der Waals surface area contributed by atoms with E-state index < -0.39 is 17.9 Å². The van der Waals surface area contributed by atoms with Crippen molar-refractivity contribution in [3.8, 4) is 0 Å². The fourth-order valence-electron chi connectivity index (χ4n) is 2.12. The maximum absolute atomic E-state index is 11.9. The number of anilines is 1. The van der Waals surface area contributed by atoms with Crippen molar-refractivity contribution in [3.63, 3.8) is 0 Å². The van der Waals surface area contributed by atoms with E-state index in [0.29, 0.717) is 18.7 Å². The lowest BCUT2D eigenvalue weighted by Crippen LogP contribution is -2.38. The van der Waals surface area contributed by atoms with Gasteiger partial charge in [0.15, 0.2) is 0 Å². The van der Waals surface area contributed by atoms with Crippen LogP contribution in [0.3, 0.4) is 0 Å². The first kappa shape index (κ1) is 13.5. The molecule has 2 N–H and O–H groups in total. The van der Waals surface area contributed by atoms with Crippen LogP contribution in [0.1, 0.15) is 18.9 Å². The molecule has 1 fully saturated rings. The second-order valence-electron chi connectivity index (χ2n) is 4.70. The lowest BCUT2D eigenvalue weighted by atomic mass is 10.1. The molecule has 0 saturated carbocycles. The summed E-state index contributed by atoms with van der Waals surface area (Å²) in [5.41, 5.74) is 1.72. The molecule has 1 aromatic carbocycles. The number of amides is 2. The normalized spacial score (nSPS) is 18.4. The quantitative estimate of drug-likeness (QED) is 0.774. The molecule has 2 amide bonds. The third-order valence-corrected chi connectivity index (χ3v) is 3.24. The molecule has 1 aliphatic heterocycles. The summed E-state index contributed by atoms with van der Waals surface area (Å²) in [5, 5.41) is 12.0. The SMILES string of the molecule is CCc1cccc(NC(=O)C(=O)N2CC[C@@H](O)C2)c1. The number of likely N-dealkylation sites (tertiary alicyclic amines) is 1. The molecule has 2 rings (SSSR count). The van der Waals surface area contributed by atoms with Crippen molar-refractivity contribution in [2.45, 2.75) is 25.9 Å². The number of nitrogens with one attached hydrogen (secondary N) is 1. The first-order chi connectivity index (χ1) is 9.10. The Kier molecular flexibility index (Phi) is 4.16. The van der Waals surface area contributed by atoms with Crippen molar-refractivity contribution in [1.82, 2.24) is 4.90 Å². The summed E-state index contributed by atoms with van der Waals surface area (Å²) in [5.74, 6) is -1.24. The van der Waals surface area contributed by atoms with Crippen molar-refractivity contribution >= 4 is 17.5 Å². The Morgan fingerprint density at radius 3 is 2.89 bits per heavy atom. The number of aliphatic hydroxyl groups is 1. The van der Waals surface area contributed by atoms with Crippen molar-refractivity contribution in [2.24, 2.45) is 0 Å². The molecule has 0 unspecified atom stereocenters. The summed E-state index contributed by atoms with van der Waals surface area (Å²) >= 11 is 0. The smallest absolute Gasteiger partial charge is 0.313 e. The third kappa shape index (κ3) is 3.32. The third-order valence-electron chi connectivity index (χ3n) is 3.24. The first-order valence-electron chi connectivity index (χ1n) is 6.47. The lowest BCUT2D eigenvalue weighted by Gasteiger charge is -2.15. The van der Waals surface area contributed by atoms with Crippen LogP contribution in [0.4, 0.5) is 5.69 Å². The number of aryl methyl sites for hydroxylation is 1. The zero-order chi connectivity index (χ0) is 13.8. The van der Waals surface area contributed by atoms with E-state index >= 15 is 0 Å². The molecule has 0 radical (unpaired) electrons. The van der Waals surface area contributed by atoms with E-state index in [4.69, 9.17) is 0 Å². The summed E-state index contributed by atoms with van der Waals surface area (Å²) in [6, 6.07) is 7.42. The average molecular weight is 262 g/mol. The second kappa shape index (κ2) is 5.84. The summed E-state index contributed by atoms with van der Waals surface area (Å²) < 4.78 is 0. The van der Waals surface area contributed by atoms with Crippen LogP contribution in [-0.4, -0.2) is 41.0 Å². The number of rotatable bonds is 2. The fraction of sp³-hybridized carbons (Fsp3) is 0.429. The Labute approximate surface area is 112 Å². The predicted octanol–water partition coefficient (Wildman–Crippen LogP) is 0.781. The van der Waals surface area contributed by atoms with E-state index in [0.717, 1.165) is 12.0 Å². The van der Waals surface area contributed by atoms with Gasteiger partial charge in [-0.15, -0.1) is 0 Å². The van der Waals surface area contributed by atoms with E-state index in [1.807, 2.05) is 25.1 Å². The average Bonchev–Trinajstić information content (AvgIpc) is 2.84. The largest absolute Gasteiger partial charge is 0.391 e. The Morgan fingerprint density at radius 1 is 1.47 bits per heavy atom. The topological polar surface area (TPSA) is 69.6 Å². The van der Waals surface area contributed by atoms with Crippen molar-refractivity contribution < 1.29 is 14.7 Å². The van der Waals surface area contributed by atoms with Gasteiger partial charge in [-0.2, -0.15) is 0 Å². The molecule has 5 nitrogen and oxygen atoms in total. The zero-order valence-electron chi connectivity index (χ0n) is 10.9. The molecule has 1 aromatic rings. The van der Waals surface area contributed by atoms with Gasteiger partial charge in [0.1, 0.15) is 0 Å². The highest BCUT2D eigenvalue weighted by Crippen LogP contribution is 2.13. The minimum atomic E-state index is -0.651. The van der Waals surface area contributed by atoms with Gasteiger partial charge >= 0.3 is 11.8 Å². The van der Waals surface area contributed by atoms with Crippen molar-refractivity contribution in [2.75, 3.05) is 18.4 Å². The van der Waals surface area contributed by atoms with Gasteiger partial charge in [0, 0.05) is 18.8 Å². The summed E-state index contributed by atoms with van der Waals surface area (Å²) in [4.78, 5) is 25.1. The van der Waals surface area contributed by atoms with E-state index in [1.165, 1.54) is 4.90 Å². The van der Waals surface area contributed by atoms with Crippen molar-refractivity contribution in [1.29, 1.82) is 0 Å². The zero-order valence-corrected chi connectivity index (χ0v) is 10.9. The number of benzene rings is 1. The molecule has 1 atom stereocenters. The Hall–Kier alpha value is -1.88. The molecule has 1 saturated heterocycles. The van der Waals surface area contributed by atoms with Gasteiger partial charge < -0.3 is 15.3 Å². The molecule has 1 aliphatic rings. The van der Waals surface area contributed by atoms with Gasteiger partial charge in [-0.1, -0.05) is 19.1 Å². The van der Waals surface area contributed by atoms with Crippen LogP contribution < -0.4 is 5.32 Å². The number of hydrogen-bond acceptors (Lipinski definition) is 3. The van der Waals surface area contributed by atoms with E-state index in [1.54, 1.807) is 6.07 Å². The van der Waals surface area contributed by atoms with Crippen LogP contribution in [0.2, 0.25) is 0 Å². The van der Waals surface area contributed by atoms with Crippen LogP contribution in [0.25, 0.3) is 0 Å². The van der Waals surface area contributed by atoms with Crippen LogP contribution in [-0.2, 0) is 16.0 Å². The molecule has 0 bridgehead atoms. The van der Waals surface area contributed by atoms with E-state index in [2.05, 4.69) is 5.32 Å². The predicted molar refractivity (Wildman–Crippen MR) is 71.7 cm³/mol. The highest BCUT2D eigenvalue weighted by molar-refractivity contribution is 6.39. The number of aliphatic hydroxyl groups excluding tert-OH is 1. The number of β-amino-alcohol motifs (C(OH)–C–C–N with tert-alkyl or cyclic N) is 1. The number of carbonyl (C=O) groups is 2. The fourth-order valence-corrected chi connectivity index (χ4v) is 2.12. The highest BCUT2D eigenvalue weighted by Gasteiger charge is 2.28. The summed E-state index contributed by atoms with van der Waals surface area (Å²) in [6.45, 7) is 2.70. The molecule has 0 aliphatic carbocycles. The van der Waals surface area contributed by atoms with Gasteiger partial charge in [-0.3, -0.25) is 9.59 Å². The molecule has 1 heterocycles. The monoisotopic (exact) mass is 262 g/mol. The second-order valence-corrected chi connectivity index (χ2v) is 4.70. The van der Waals surface area contributed by atoms with E-state index in [9.17, 15) is 14.7 Å². The van der Waals surface area contributed by atoms with Crippen LogP contribution in [0.15, 0.2) is 24.3 Å².